The van der Waals surface area contributed by atoms with Gasteiger partial charge in [0.15, 0.2) is 0 Å². The fraction of sp³-hybridized carbons (Fsp3) is 0.278. The van der Waals surface area contributed by atoms with Crippen LogP contribution in [0.5, 0.6) is 0 Å². The van der Waals surface area contributed by atoms with Gasteiger partial charge in [0.05, 0.1) is 11.3 Å². The first-order chi connectivity index (χ1) is 11.7. The van der Waals surface area contributed by atoms with Crippen LogP contribution < -0.4 is 5.32 Å². The van der Waals surface area contributed by atoms with Crippen molar-refractivity contribution in [3.05, 3.63) is 42.9 Å². The minimum atomic E-state index is 0.0240. The van der Waals surface area contributed by atoms with E-state index < -0.39 is 0 Å². The number of thioether (sulfide) groups is 1. The number of aromatic nitrogens is 3. The van der Waals surface area contributed by atoms with Gasteiger partial charge in [-0.2, -0.15) is 0 Å². The molecule has 0 saturated carbocycles. The van der Waals surface area contributed by atoms with Crippen molar-refractivity contribution in [3.63, 3.8) is 0 Å². The molecule has 1 amide bonds. The Morgan fingerprint density at radius 1 is 1.29 bits per heavy atom. The maximum Gasteiger partial charge on any atom is 0.230 e. The van der Waals surface area contributed by atoms with Crippen LogP contribution in [-0.2, 0) is 4.79 Å². The van der Waals surface area contributed by atoms with Crippen LogP contribution >= 0.6 is 11.8 Å². The second kappa shape index (κ2) is 7.49. The third-order valence-electron chi connectivity index (χ3n) is 3.87. The van der Waals surface area contributed by atoms with Gasteiger partial charge in [0.1, 0.15) is 16.9 Å². The number of rotatable bonds is 6. The van der Waals surface area contributed by atoms with E-state index in [0.717, 1.165) is 33.6 Å². The Kier molecular flexibility index (Phi) is 5.15. The summed E-state index contributed by atoms with van der Waals surface area (Å²) in [6.45, 7) is 4.05. The topological polar surface area (TPSA) is 70.7 Å². The van der Waals surface area contributed by atoms with Crippen molar-refractivity contribution in [1.82, 2.24) is 20.3 Å². The Balaban J connectivity index is 1.81. The zero-order valence-electron chi connectivity index (χ0n) is 13.7. The molecule has 1 atom stereocenters. The van der Waals surface area contributed by atoms with Gasteiger partial charge in [0, 0.05) is 17.8 Å². The lowest BCUT2D eigenvalue weighted by molar-refractivity contribution is -0.119. The summed E-state index contributed by atoms with van der Waals surface area (Å²) < 4.78 is 0. The van der Waals surface area contributed by atoms with Crippen molar-refractivity contribution in [2.24, 2.45) is 0 Å². The monoisotopic (exact) mass is 340 g/mol. The molecule has 0 unspecified atom stereocenters. The predicted octanol–water partition coefficient (Wildman–Crippen LogP) is 3.63. The third kappa shape index (κ3) is 3.59. The number of fused-ring (bicyclic) bond motifs is 1. The molecule has 5 nitrogen and oxygen atoms in total. The summed E-state index contributed by atoms with van der Waals surface area (Å²) in [5, 5.41) is 3.76. The number of carbonyl (C=O) groups excluding carboxylic acids is 1. The van der Waals surface area contributed by atoms with Crippen molar-refractivity contribution in [2.75, 3.05) is 5.75 Å². The third-order valence-corrected chi connectivity index (χ3v) is 4.86. The summed E-state index contributed by atoms with van der Waals surface area (Å²) in [4.78, 5) is 24.0. The largest absolute Gasteiger partial charge is 0.357 e. The number of H-pyrrole nitrogens is 1. The van der Waals surface area contributed by atoms with Gasteiger partial charge in [0.2, 0.25) is 5.91 Å². The Morgan fingerprint density at radius 3 is 2.83 bits per heavy atom. The van der Waals surface area contributed by atoms with Crippen LogP contribution in [0.15, 0.2) is 47.9 Å². The molecule has 3 aromatic rings. The molecule has 0 fully saturated rings. The highest BCUT2D eigenvalue weighted by atomic mass is 32.2. The standard InChI is InChI=1S/C18H20N4OS/c1-3-12(2)22-15(23)10-24-18-17-16(20-11-21-18)14(9-19-17)13-7-5-4-6-8-13/h4-9,11-12,19H,3,10H2,1-2H3,(H,22,23)/t12-/m0/s1. The van der Waals surface area contributed by atoms with E-state index in [9.17, 15) is 4.79 Å². The molecule has 0 aliphatic carbocycles. The maximum absolute atomic E-state index is 12.0. The molecule has 1 aromatic carbocycles. The predicted molar refractivity (Wildman–Crippen MR) is 97.9 cm³/mol. The van der Waals surface area contributed by atoms with E-state index in [1.165, 1.54) is 11.8 Å². The minimum absolute atomic E-state index is 0.0240. The van der Waals surface area contributed by atoms with E-state index >= 15 is 0 Å². The SMILES string of the molecule is CC[C@H](C)NC(=O)CSc1ncnc2c(-c3ccccc3)c[nH]c12. The molecule has 0 saturated heterocycles. The number of aromatic amines is 1. The zero-order chi connectivity index (χ0) is 16.9. The normalized spacial score (nSPS) is 12.2. The van der Waals surface area contributed by atoms with Crippen molar-refractivity contribution < 1.29 is 4.79 Å². The average Bonchev–Trinajstić information content (AvgIpc) is 3.05. The molecule has 2 aromatic heterocycles. The van der Waals surface area contributed by atoms with Gasteiger partial charge in [0.25, 0.3) is 0 Å². The Labute approximate surface area is 145 Å². The molecule has 2 heterocycles. The molecule has 0 aliphatic heterocycles. The van der Waals surface area contributed by atoms with Crippen LogP contribution in [0.3, 0.4) is 0 Å². The van der Waals surface area contributed by atoms with Crippen LogP contribution in [0.4, 0.5) is 0 Å². The Hall–Kier alpha value is -2.34. The second-order valence-electron chi connectivity index (χ2n) is 5.64. The second-order valence-corrected chi connectivity index (χ2v) is 6.60. The summed E-state index contributed by atoms with van der Waals surface area (Å²) in [5.74, 6) is 0.367. The molecular weight excluding hydrogens is 320 g/mol. The maximum atomic E-state index is 12.0. The Bertz CT molecular complexity index is 831. The molecular formula is C18H20N4OS. The number of nitrogens with zero attached hydrogens (tertiary/aromatic N) is 2. The molecule has 0 aliphatic rings. The average molecular weight is 340 g/mol. The fourth-order valence-corrected chi connectivity index (χ4v) is 3.19. The van der Waals surface area contributed by atoms with E-state index in [-0.39, 0.29) is 11.9 Å². The highest BCUT2D eigenvalue weighted by Crippen LogP contribution is 2.31. The molecule has 24 heavy (non-hydrogen) atoms. The van der Waals surface area contributed by atoms with Gasteiger partial charge >= 0.3 is 0 Å². The van der Waals surface area contributed by atoms with Crippen LogP contribution in [0, 0.1) is 0 Å². The van der Waals surface area contributed by atoms with E-state index in [2.05, 4.69) is 39.3 Å². The van der Waals surface area contributed by atoms with E-state index in [0.29, 0.717) is 5.75 Å². The summed E-state index contributed by atoms with van der Waals surface area (Å²) in [6.07, 6.45) is 4.42. The molecule has 0 spiro atoms. The van der Waals surface area contributed by atoms with Gasteiger partial charge in [-0.3, -0.25) is 4.79 Å². The number of carbonyl (C=O) groups is 1. The number of hydrogen-bond acceptors (Lipinski definition) is 4. The van der Waals surface area contributed by atoms with E-state index in [4.69, 9.17) is 0 Å². The van der Waals surface area contributed by atoms with Gasteiger partial charge in [-0.25, -0.2) is 9.97 Å². The number of benzene rings is 1. The lowest BCUT2D eigenvalue weighted by Crippen LogP contribution is -2.33. The van der Waals surface area contributed by atoms with Gasteiger partial charge in [-0.05, 0) is 18.9 Å². The number of amides is 1. The van der Waals surface area contributed by atoms with Crippen LogP contribution in [0.1, 0.15) is 20.3 Å². The lowest BCUT2D eigenvalue weighted by atomic mass is 10.1. The number of hydrogen-bond donors (Lipinski definition) is 2. The molecule has 6 heteroatoms. The summed E-state index contributed by atoms with van der Waals surface area (Å²) in [7, 11) is 0. The van der Waals surface area contributed by atoms with Crippen LogP contribution in [0.2, 0.25) is 0 Å². The lowest BCUT2D eigenvalue weighted by Gasteiger charge is -2.10. The number of nitrogens with one attached hydrogen (secondary N) is 2. The van der Waals surface area contributed by atoms with Crippen molar-refractivity contribution in [1.29, 1.82) is 0 Å². The van der Waals surface area contributed by atoms with Crippen molar-refractivity contribution >= 4 is 28.7 Å². The smallest absolute Gasteiger partial charge is 0.230 e. The summed E-state index contributed by atoms with van der Waals surface area (Å²) in [5.41, 5.74) is 3.89. The molecule has 124 valence electrons. The molecule has 0 radical (unpaired) electrons. The Morgan fingerprint density at radius 2 is 2.08 bits per heavy atom. The molecule has 0 bridgehead atoms. The first-order valence-corrected chi connectivity index (χ1v) is 8.97. The van der Waals surface area contributed by atoms with Gasteiger partial charge in [-0.15, -0.1) is 0 Å². The first-order valence-electron chi connectivity index (χ1n) is 7.98. The summed E-state index contributed by atoms with van der Waals surface area (Å²) >= 11 is 1.42. The molecule has 3 rings (SSSR count). The molecule has 2 N–H and O–H groups in total. The van der Waals surface area contributed by atoms with Gasteiger partial charge < -0.3 is 10.3 Å². The minimum Gasteiger partial charge on any atom is -0.357 e. The summed E-state index contributed by atoms with van der Waals surface area (Å²) in [6, 6.07) is 10.3. The van der Waals surface area contributed by atoms with Crippen molar-refractivity contribution in [2.45, 2.75) is 31.3 Å². The highest BCUT2D eigenvalue weighted by Gasteiger charge is 2.13. The quantitative estimate of drug-likeness (QED) is 0.531. The van der Waals surface area contributed by atoms with Crippen LogP contribution in [0.25, 0.3) is 22.2 Å². The van der Waals surface area contributed by atoms with Crippen LogP contribution in [-0.4, -0.2) is 32.7 Å². The van der Waals surface area contributed by atoms with E-state index in [1.54, 1.807) is 6.33 Å². The van der Waals surface area contributed by atoms with Crippen molar-refractivity contribution in [3.8, 4) is 11.1 Å². The first kappa shape index (κ1) is 16.5. The highest BCUT2D eigenvalue weighted by molar-refractivity contribution is 8.00. The fourth-order valence-electron chi connectivity index (χ4n) is 2.42. The van der Waals surface area contributed by atoms with Gasteiger partial charge in [-0.1, -0.05) is 49.0 Å². The zero-order valence-corrected chi connectivity index (χ0v) is 14.6. The van der Waals surface area contributed by atoms with E-state index in [1.807, 2.05) is 31.3 Å².